The second kappa shape index (κ2) is 2.95. The minimum Gasteiger partial charge on any atom is -0.340 e. The average Bonchev–Trinajstić information content (AvgIpc) is 2.82. The van der Waals surface area contributed by atoms with Gasteiger partial charge in [0.05, 0.1) is 17.4 Å². The van der Waals surface area contributed by atoms with E-state index in [2.05, 4.69) is 15.0 Å². The van der Waals surface area contributed by atoms with Gasteiger partial charge in [0.25, 0.3) is 0 Å². The fraction of sp³-hybridized carbons (Fsp3) is 0.0909. The van der Waals surface area contributed by atoms with Gasteiger partial charge < -0.3 is 9.55 Å². The van der Waals surface area contributed by atoms with Gasteiger partial charge in [0.1, 0.15) is 5.69 Å². The maximum Gasteiger partial charge on any atom is 0.158 e. The predicted octanol–water partition coefficient (Wildman–Crippen LogP) is 1.96. The van der Waals surface area contributed by atoms with Crippen LogP contribution in [0, 0.1) is 0 Å². The van der Waals surface area contributed by atoms with Crippen LogP contribution in [0.15, 0.2) is 36.8 Å². The minimum atomic E-state index is 0.816. The average molecular weight is 198 g/mol. The molecule has 4 nitrogen and oxygen atoms in total. The molecule has 2 heterocycles. The lowest BCUT2D eigenvalue weighted by molar-refractivity contribution is 0.913. The van der Waals surface area contributed by atoms with Crippen molar-refractivity contribution in [3.63, 3.8) is 0 Å². The van der Waals surface area contributed by atoms with Crippen LogP contribution in [0.1, 0.15) is 0 Å². The molecule has 0 atom stereocenters. The standard InChI is InChI=1S/C11H10N4/c1-15-6-10(12-7-15)11-13-8-4-2-3-5-9(8)14-11/h2-7H,1H3,(H,13,14). The smallest absolute Gasteiger partial charge is 0.158 e. The number of rotatable bonds is 1. The highest BCUT2D eigenvalue weighted by molar-refractivity contribution is 5.78. The highest BCUT2D eigenvalue weighted by atomic mass is 15.0. The summed E-state index contributed by atoms with van der Waals surface area (Å²) in [5.41, 5.74) is 2.88. The SMILES string of the molecule is Cn1cnc(-c2nc3ccccc3[nH]2)c1. The van der Waals surface area contributed by atoms with E-state index in [0.29, 0.717) is 0 Å². The Hall–Kier alpha value is -2.10. The van der Waals surface area contributed by atoms with Crippen LogP contribution in [0.25, 0.3) is 22.6 Å². The Bertz CT molecular complexity index is 573. The highest BCUT2D eigenvalue weighted by Crippen LogP contribution is 2.17. The van der Waals surface area contributed by atoms with Crippen molar-refractivity contribution in [2.24, 2.45) is 7.05 Å². The van der Waals surface area contributed by atoms with Crippen LogP contribution in [0.4, 0.5) is 0 Å². The summed E-state index contributed by atoms with van der Waals surface area (Å²) >= 11 is 0. The van der Waals surface area contributed by atoms with Crippen molar-refractivity contribution in [2.45, 2.75) is 0 Å². The predicted molar refractivity (Wildman–Crippen MR) is 58.3 cm³/mol. The lowest BCUT2D eigenvalue weighted by Gasteiger charge is -1.86. The minimum absolute atomic E-state index is 0.816. The number of H-pyrrole nitrogens is 1. The lowest BCUT2D eigenvalue weighted by atomic mass is 10.3. The van der Waals surface area contributed by atoms with Crippen LogP contribution in [-0.2, 0) is 7.05 Å². The molecule has 0 amide bonds. The van der Waals surface area contributed by atoms with Gasteiger partial charge in [-0.15, -0.1) is 0 Å². The first kappa shape index (κ1) is 8.23. The molecule has 0 radical (unpaired) electrons. The number of para-hydroxylation sites is 2. The number of aromatic amines is 1. The van der Waals surface area contributed by atoms with Crippen molar-refractivity contribution in [2.75, 3.05) is 0 Å². The first-order valence-electron chi connectivity index (χ1n) is 4.76. The molecule has 1 N–H and O–H groups in total. The molecule has 0 aliphatic carbocycles. The van der Waals surface area contributed by atoms with E-state index in [9.17, 15) is 0 Å². The zero-order valence-corrected chi connectivity index (χ0v) is 8.31. The number of imidazole rings is 2. The van der Waals surface area contributed by atoms with Gasteiger partial charge in [-0.25, -0.2) is 9.97 Å². The molecule has 3 aromatic rings. The monoisotopic (exact) mass is 198 g/mol. The number of nitrogens with one attached hydrogen (secondary N) is 1. The molecule has 0 bridgehead atoms. The van der Waals surface area contributed by atoms with Crippen molar-refractivity contribution in [1.29, 1.82) is 0 Å². The molecule has 2 aromatic heterocycles. The van der Waals surface area contributed by atoms with Gasteiger partial charge in [0.2, 0.25) is 0 Å². The lowest BCUT2D eigenvalue weighted by Crippen LogP contribution is -1.80. The quantitative estimate of drug-likeness (QED) is 0.649. The van der Waals surface area contributed by atoms with Crippen LogP contribution < -0.4 is 0 Å². The second-order valence-electron chi connectivity index (χ2n) is 3.53. The number of aryl methyl sites for hydroxylation is 1. The number of hydrogen-bond acceptors (Lipinski definition) is 2. The Morgan fingerprint density at radius 3 is 2.87 bits per heavy atom. The van der Waals surface area contributed by atoms with Crippen molar-refractivity contribution in [3.8, 4) is 11.5 Å². The molecule has 4 heteroatoms. The van der Waals surface area contributed by atoms with Crippen molar-refractivity contribution in [1.82, 2.24) is 19.5 Å². The van der Waals surface area contributed by atoms with E-state index in [1.165, 1.54) is 0 Å². The van der Waals surface area contributed by atoms with E-state index in [4.69, 9.17) is 0 Å². The summed E-state index contributed by atoms with van der Waals surface area (Å²) in [5.74, 6) is 0.816. The fourth-order valence-electron chi connectivity index (χ4n) is 1.61. The summed E-state index contributed by atoms with van der Waals surface area (Å²) in [4.78, 5) is 12.0. The third-order valence-corrected chi connectivity index (χ3v) is 2.34. The van der Waals surface area contributed by atoms with Crippen LogP contribution in [-0.4, -0.2) is 19.5 Å². The number of aromatic nitrogens is 4. The van der Waals surface area contributed by atoms with Gasteiger partial charge in [-0.1, -0.05) is 12.1 Å². The Morgan fingerprint density at radius 2 is 2.13 bits per heavy atom. The number of benzene rings is 1. The zero-order valence-electron chi connectivity index (χ0n) is 8.31. The van der Waals surface area contributed by atoms with Crippen LogP contribution in [0.2, 0.25) is 0 Å². The Balaban J connectivity index is 2.19. The first-order chi connectivity index (χ1) is 7.33. The number of nitrogens with zero attached hydrogens (tertiary/aromatic N) is 3. The van der Waals surface area contributed by atoms with Crippen LogP contribution in [0.3, 0.4) is 0 Å². The van der Waals surface area contributed by atoms with Gasteiger partial charge in [0.15, 0.2) is 5.82 Å². The third kappa shape index (κ3) is 1.30. The number of fused-ring (bicyclic) bond motifs is 1. The Morgan fingerprint density at radius 1 is 1.27 bits per heavy atom. The summed E-state index contributed by atoms with van der Waals surface area (Å²) in [5, 5.41) is 0. The maximum atomic E-state index is 4.46. The molecule has 15 heavy (non-hydrogen) atoms. The van der Waals surface area contributed by atoms with E-state index in [1.54, 1.807) is 6.33 Å². The molecule has 0 saturated heterocycles. The summed E-state index contributed by atoms with van der Waals surface area (Å²) in [6.45, 7) is 0. The van der Waals surface area contributed by atoms with E-state index < -0.39 is 0 Å². The summed E-state index contributed by atoms with van der Waals surface area (Å²) in [6.07, 6.45) is 3.71. The topological polar surface area (TPSA) is 46.5 Å². The van der Waals surface area contributed by atoms with Gasteiger partial charge >= 0.3 is 0 Å². The second-order valence-corrected chi connectivity index (χ2v) is 3.53. The van der Waals surface area contributed by atoms with E-state index in [0.717, 1.165) is 22.6 Å². The molecule has 3 rings (SSSR count). The fourth-order valence-corrected chi connectivity index (χ4v) is 1.61. The van der Waals surface area contributed by atoms with Gasteiger partial charge in [-0.2, -0.15) is 0 Å². The molecule has 1 aromatic carbocycles. The first-order valence-corrected chi connectivity index (χ1v) is 4.76. The molecule has 0 spiro atoms. The Labute approximate surface area is 86.6 Å². The third-order valence-electron chi connectivity index (χ3n) is 2.34. The van der Waals surface area contributed by atoms with Crippen molar-refractivity contribution in [3.05, 3.63) is 36.8 Å². The molecule has 0 fully saturated rings. The summed E-state index contributed by atoms with van der Waals surface area (Å²) in [7, 11) is 1.94. The molecular weight excluding hydrogens is 188 g/mol. The molecule has 74 valence electrons. The maximum absolute atomic E-state index is 4.46. The van der Waals surface area contributed by atoms with Gasteiger partial charge in [-0.3, -0.25) is 0 Å². The number of hydrogen-bond donors (Lipinski definition) is 1. The van der Waals surface area contributed by atoms with E-state index >= 15 is 0 Å². The summed E-state index contributed by atoms with van der Waals surface area (Å²) in [6, 6.07) is 7.96. The largest absolute Gasteiger partial charge is 0.340 e. The summed E-state index contributed by atoms with van der Waals surface area (Å²) < 4.78 is 1.91. The molecule has 0 unspecified atom stereocenters. The highest BCUT2D eigenvalue weighted by Gasteiger charge is 2.06. The molecule has 0 aliphatic rings. The normalized spacial score (nSPS) is 11.0. The van der Waals surface area contributed by atoms with Crippen molar-refractivity contribution < 1.29 is 0 Å². The molecule has 0 saturated carbocycles. The Kier molecular flexibility index (Phi) is 1.62. The van der Waals surface area contributed by atoms with Crippen LogP contribution >= 0.6 is 0 Å². The van der Waals surface area contributed by atoms with Gasteiger partial charge in [-0.05, 0) is 12.1 Å². The molecule has 0 aliphatic heterocycles. The van der Waals surface area contributed by atoms with Gasteiger partial charge in [0, 0.05) is 13.2 Å². The van der Waals surface area contributed by atoms with E-state index in [-0.39, 0.29) is 0 Å². The van der Waals surface area contributed by atoms with Crippen LogP contribution in [0.5, 0.6) is 0 Å². The molecular formula is C11H10N4. The van der Waals surface area contributed by atoms with Crippen molar-refractivity contribution >= 4 is 11.0 Å². The zero-order chi connectivity index (χ0) is 10.3. The van der Waals surface area contributed by atoms with E-state index in [1.807, 2.05) is 42.1 Å².